The summed E-state index contributed by atoms with van der Waals surface area (Å²) in [6, 6.07) is 9.52. The Balaban J connectivity index is 2.01. The molecule has 0 saturated carbocycles. The summed E-state index contributed by atoms with van der Waals surface area (Å²) in [5.41, 5.74) is 0.774. The Morgan fingerprint density at radius 3 is 2.35 bits per heavy atom. The molecule has 0 radical (unpaired) electrons. The summed E-state index contributed by atoms with van der Waals surface area (Å²) in [5.74, 6) is -0.106. The van der Waals surface area contributed by atoms with Crippen molar-refractivity contribution >= 4 is 52.2 Å². The van der Waals surface area contributed by atoms with Gasteiger partial charge in [0.05, 0.1) is 15.7 Å². The normalized spacial score (nSPS) is 10.3. The molecule has 0 atom stereocenters. The Bertz CT molecular complexity index is 739. The van der Waals surface area contributed by atoms with Crippen molar-refractivity contribution in [1.29, 1.82) is 0 Å². The van der Waals surface area contributed by atoms with Crippen molar-refractivity contribution in [2.45, 2.75) is 6.92 Å². The second-order valence-electron chi connectivity index (χ2n) is 4.67. The average Bonchev–Trinajstić information content (AvgIpc) is 2.49. The second kappa shape index (κ2) is 7.68. The number of anilines is 1. The molecule has 7 heteroatoms. The van der Waals surface area contributed by atoms with Crippen LogP contribution in [-0.2, 0) is 4.79 Å². The van der Waals surface area contributed by atoms with Crippen molar-refractivity contribution < 1.29 is 14.3 Å². The van der Waals surface area contributed by atoms with Crippen LogP contribution in [0.15, 0.2) is 36.4 Å². The van der Waals surface area contributed by atoms with Gasteiger partial charge in [-0.15, -0.1) is 0 Å². The Morgan fingerprint density at radius 2 is 1.74 bits per heavy atom. The lowest BCUT2D eigenvalue weighted by molar-refractivity contribution is -0.118. The van der Waals surface area contributed by atoms with Crippen molar-refractivity contribution in [1.82, 2.24) is 0 Å². The number of carbonyl (C=O) groups is 2. The fraction of sp³-hybridized carbons (Fsp3) is 0.125. The highest BCUT2D eigenvalue weighted by Gasteiger charge is 2.12. The molecule has 2 rings (SSSR count). The van der Waals surface area contributed by atoms with Gasteiger partial charge < -0.3 is 10.1 Å². The van der Waals surface area contributed by atoms with Gasteiger partial charge in [-0.3, -0.25) is 9.59 Å². The lowest BCUT2D eigenvalue weighted by atomic mass is 10.1. The van der Waals surface area contributed by atoms with Gasteiger partial charge in [-0.1, -0.05) is 46.9 Å². The number of hydrogen-bond acceptors (Lipinski definition) is 3. The summed E-state index contributed by atoms with van der Waals surface area (Å²) < 4.78 is 5.36. The Labute approximate surface area is 148 Å². The molecular weight excluding hydrogens is 361 g/mol. The zero-order chi connectivity index (χ0) is 17.0. The highest BCUT2D eigenvalue weighted by atomic mass is 35.5. The Kier molecular flexibility index (Phi) is 5.88. The van der Waals surface area contributed by atoms with Crippen LogP contribution in [0, 0.1) is 0 Å². The first-order chi connectivity index (χ1) is 10.9. The third kappa shape index (κ3) is 4.86. The van der Waals surface area contributed by atoms with Gasteiger partial charge in [-0.05, 0) is 31.2 Å². The van der Waals surface area contributed by atoms with E-state index in [9.17, 15) is 9.59 Å². The number of hydrogen-bond donors (Lipinski definition) is 1. The number of nitrogens with one attached hydrogen (secondary N) is 1. The first-order valence-electron chi connectivity index (χ1n) is 6.55. The maximum Gasteiger partial charge on any atom is 0.262 e. The zero-order valence-corrected chi connectivity index (χ0v) is 14.3. The molecule has 0 aliphatic carbocycles. The monoisotopic (exact) mass is 371 g/mol. The molecule has 23 heavy (non-hydrogen) atoms. The van der Waals surface area contributed by atoms with Gasteiger partial charge in [0.25, 0.3) is 5.91 Å². The van der Waals surface area contributed by atoms with Gasteiger partial charge in [0.15, 0.2) is 12.4 Å². The fourth-order valence-electron chi connectivity index (χ4n) is 1.79. The molecule has 2 aromatic rings. The Hall–Kier alpha value is -1.75. The highest BCUT2D eigenvalue weighted by Crippen LogP contribution is 2.33. The number of ether oxygens (including phenoxy) is 1. The topological polar surface area (TPSA) is 55.4 Å². The van der Waals surface area contributed by atoms with Gasteiger partial charge in [0, 0.05) is 10.6 Å². The van der Waals surface area contributed by atoms with E-state index in [4.69, 9.17) is 39.5 Å². The van der Waals surface area contributed by atoms with E-state index >= 15 is 0 Å². The number of Topliss-reactive ketones (excluding diaryl/α,β-unsaturated/α-hetero) is 1. The quantitative estimate of drug-likeness (QED) is 0.762. The molecule has 4 nitrogen and oxygen atoms in total. The van der Waals surface area contributed by atoms with Crippen LogP contribution >= 0.6 is 34.8 Å². The Morgan fingerprint density at radius 1 is 1.09 bits per heavy atom. The van der Waals surface area contributed by atoms with Crippen molar-refractivity contribution in [2.24, 2.45) is 0 Å². The van der Waals surface area contributed by atoms with Crippen LogP contribution in [-0.4, -0.2) is 18.3 Å². The third-order valence-corrected chi connectivity index (χ3v) is 3.70. The van der Waals surface area contributed by atoms with Gasteiger partial charge in [-0.25, -0.2) is 0 Å². The molecule has 0 unspecified atom stereocenters. The van der Waals surface area contributed by atoms with E-state index in [1.54, 1.807) is 24.3 Å². The summed E-state index contributed by atoms with van der Waals surface area (Å²) >= 11 is 17.8. The van der Waals surface area contributed by atoms with E-state index < -0.39 is 5.91 Å². The predicted octanol–water partition coefficient (Wildman–Crippen LogP) is 4.87. The molecule has 0 bridgehead atoms. The molecule has 0 aromatic heterocycles. The van der Waals surface area contributed by atoms with Crippen molar-refractivity contribution in [3.05, 3.63) is 57.0 Å². The molecule has 0 aliphatic heterocycles. The van der Waals surface area contributed by atoms with Crippen LogP contribution < -0.4 is 10.1 Å². The predicted molar refractivity (Wildman–Crippen MR) is 92.0 cm³/mol. The molecule has 0 fully saturated rings. The number of amides is 1. The molecule has 2 aromatic carbocycles. The number of benzene rings is 2. The minimum absolute atomic E-state index is 0.0837. The van der Waals surface area contributed by atoms with Gasteiger partial charge in [0.1, 0.15) is 5.75 Å². The summed E-state index contributed by atoms with van der Waals surface area (Å²) in [7, 11) is 0. The summed E-state index contributed by atoms with van der Waals surface area (Å²) in [4.78, 5) is 23.2. The molecule has 1 amide bonds. The SMILES string of the molecule is CC(=O)c1cccc(OCC(=O)Nc2c(Cl)cc(Cl)cc2Cl)c1. The largest absolute Gasteiger partial charge is 0.484 e. The number of halogens is 3. The first-order valence-corrected chi connectivity index (χ1v) is 7.68. The maximum atomic E-state index is 11.9. The molecule has 0 spiro atoms. The van der Waals surface area contributed by atoms with E-state index in [1.807, 2.05) is 0 Å². The lowest BCUT2D eigenvalue weighted by Gasteiger charge is -2.11. The minimum atomic E-state index is -0.440. The van der Waals surface area contributed by atoms with E-state index in [0.717, 1.165) is 0 Å². The van der Waals surface area contributed by atoms with E-state index in [-0.39, 0.29) is 28.1 Å². The fourth-order valence-corrected chi connectivity index (χ4v) is 2.70. The average molecular weight is 373 g/mol. The zero-order valence-electron chi connectivity index (χ0n) is 12.0. The van der Waals surface area contributed by atoms with E-state index in [1.165, 1.54) is 19.1 Å². The molecule has 0 aliphatic rings. The second-order valence-corrected chi connectivity index (χ2v) is 5.92. The number of ketones is 1. The lowest BCUT2D eigenvalue weighted by Crippen LogP contribution is -2.20. The summed E-state index contributed by atoms with van der Waals surface area (Å²) in [6.07, 6.45) is 0. The minimum Gasteiger partial charge on any atom is -0.484 e. The van der Waals surface area contributed by atoms with Crippen molar-refractivity contribution in [3.8, 4) is 5.75 Å². The van der Waals surface area contributed by atoms with Crippen LogP contribution in [0.2, 0.25) is 15.1 Å². The van der Waals surface area contributed by atoms with Crippen LogP contribution in [0.5, 0.6) is 5.75 Å². The first kappa shape index (κ1) is 17.6. The standard InChI is InChI=1S/C16H12Cl3NO3/c1-9(21)10-3-2-4-12(5-10)23-8-15(22)20-16-13(18)6-11(17)7-14(16)19/h2-7H,8H2,1H3,(H,20,22). The number of rotatable bonds is 5. The maximum absolute atomic E-state index is 11.9. The summed E-state index contributed by atoms with van der Waals surface area (Å²) in [6.45, 7) is 1.20. The van der Waals surface area contributed by atoms with Gasteiger partial charge in [0.2, 0.25) is 0 Å². The molecule has 0 heterocycles. The third-order valence-electron chi connectivity index (χ3n) is 2.88. The van der Waals surface area contributed by atoms with E-state index in [2.05, 4.69) is 5.32 Å². The molecule has 1 N–H and O–H groups in total. The highest BCUT2D eigenvalue weighted by molar-refractivity contribution is 6.42. The van der Waals surface area contributed by atoms with Crippen molar-refractivity contribution in [3.63, 3.8) is 0 Å². The molecular formula is C16H12Cl3NO3. The van der Waals surface area contributed by atoms with Crippen LogP contribution in [0.3, 0.4) is 0 Å². The molecule has 0 saturated heterocycles. The molecule has 120 valence electrons. The van der Waals surface area contributed by atoms with Crippen LogP contribution in [0.25, 0.3) is 0 Å². The van der Waals surface area contributed by atoms with Gasteiger partial charge in [-0.2, -0.15) is 0 Å². The van der Waals surface area contributed by atoms with E-state index in [0.29, 0.717) is 16.3 Å². The van der Waals surface area contributed by atoms with Crippen molar-refractivity contribution in [2.75, 3.05) is 11.9 Å². The summed E-state index contributed by atoms with van der Waals surface area (Å²) in [5, 5.41) is 3.39. The van der Waals surface area contributed by atoms with Crippen LogP contribution in [0.1, 0.15) is 17.3 Å². The van der Waals surface area contributed by atoms with Crippen LogP contribution in [0.4, 0.5) is 5.69 Å². The van der Waals surface area contributed by atoms with Gasteiger partial charge >= 0.3 is 0 Å². The number of carbonyl (C=O) groups excluding carboxylic acids is 2. The smallest absolute Gasteiger partial charge is 0.262 e.